The van der Waals surface area contributed by atoms with Crippen LogP contribution in [0.1, 0.15) is 16.8 Å². The minimum atomic E-state index is -1.12. The van der Waals surface area contributed by atoms with Gasteiger partial charge in [-0.3, -0.25) is 4.79 Å². The molecule has 1 amide bonds. The highest BCUT2D eigenvalue weighted by Crippen LogP contribution is 2.38. The van der Waals surface area contributed by atoms with Crippen LogP contribution in [0.15, 0.2) is 28.7 Å². The Kier molecular flexibility index (Phi) is 5.95. The Morgan fingerprint density at radius 1 is 1.28 bits per heavy atom. The molecule has 1 aliphatic rings. The molecule has 0 saturated heterocycles. The molecule has 2 aromatic heterocycles. The number of nitrogen functional groups attached to an aromatic ring is 1. The molecule has 4 atom stereocenters. The lowest BCUT2D eigenvalue weighted by Gasteiger charge is -2.20. The molecule has 11 heteroatoms. The van der Waals surface area contributed by atoms with Gasteiger partial charge < -0.3 is 35.7 Å². The van der Waals surface area contributed by atoms with Gasteiger partial charge >= 0.3 is 0 Å². The van der Waals surface area contributed by atoms with E-state index in [2.05, 4.69) is 15.3 Å². The number of benzene rings is 1. The van der Waals surface area contributed by atoms with Gasteiger partial charge in [0, 0.05) is 37.6 Å². The largest absolute Gasteiger partial charge is 0.456 e. The number of nitrogens with one attached hydrogen (secondary N) is 1. The van der Waals surface area contributed by atoms with E-state index in [0.717, 1.165) is 0 Å². The number of fused-ring (bicyclic) bond motifs is 1. The van der Waals surface area contributed by atoms with Crippen molar-refractivity contribution in [2.45, 2.75) is 24.7 Å². The Balaban J connectivity index is 1.74. The zero-order valence-electron chi connectivity index (χ0n) is 17.5. The lowest BCUT2D eigenvalue weighted by molar-refractivity contribution is 0.00446. The highest BCUT2D eigenvalue weighted by molar-refractivity contribution is 6.32. The van der Waals surface area contributed by atoms with Gasteiger partial charge in [0.1, 0.15) is 28.4 Å². The second kappa shape index (κ2) is 8.55. The van der Waals surface area contributed by atoms with Gasteiger partial charge in [0.2, 0.25) is 5.95 Å². The molecule has 1 aromatic carbocycles. The minimum Gasteiger partial charge on any atom is -0.456 e. The summed E-state index contributed by atoms with van der Waals surface area (Å²) in [6.45, 7) is -0.256. The number of amides is 1. The van der Waals surface area contributed by atoms with Crippen molar-refractivity contribution in [2.75, 3.05) is 31.8 Å². The Labute approximate surface area is 188 Å². The van der Waals surface area contributed by atoms with Gasteiger partial charge in [-0.05, 0) is 30.7 Å². The summed E-state index contributed by atoms with van der Waals surface area (Å²) < 4.78 is 5.94. The number of aliphatic hydroxyl groups is 3. The van der Waals surface area contributed by atoms with Gasteiger partial charge in [-0.15, -0.1) is 0 Å². The maximum Gasteiger partial charge on any atom is 0.253 e. The number of anilines is 2. The fourth-order valence-electron chi connectivity index (χ4n) is 3.95. The molecule has 1 aliphatic carbocycles. The summed E-state index contributed by atoms with van der Waals surface area (Å²) in [5, 5.41) is 33.7. The van der Waals surface area contributed by atoms with E-state index in [0.29, 0.717) is 34.3 Å². The van der Waals surface area contributed by atoms with Gasteiger partial charge in [-0.1, -0.05) is 11.6 Å². The molecule has 32 heavy (non-hydrogen) atoms. The normalized spacial score (nSPS) is 22.9. The average Bonchev–Trinajstić information content (AvgIpc) is 3.27. The van der Waals surface area contributed by atoms with E-state index in [1.54, 1.807) is 38.4 Å². The molecule has 0 spiro atoms. The zero-order chi connectivity index (χ0) is 23.2. The lowest BCUT2D eigenvalue weighted by Crippen LogP contribution is -2.35. The molecule has 0 bridgehead atoms. The Morgan fingerprint density at radius 2 is 2.03 bits per heavy atom. The van der Waals surface area contributed by atoms with E-state index in [-0.39, 0.29) is 29.4 Å². The SMILES string of the molecule is CN(C)C(=O)c1ccc2oc(-c3c(Cl)nc(N)nc3N[C@@H]3C[C@H](CO)[C@@H](O)[C@H]3O)cc2c1. The number of furan rings is 1. The summed E-state index contributed by atoms with van der Waals surface area (Å²) in [6.07, 6.45) is -1.88. The molecule has 4 rings (SSSR count). The fraction of sp³-hybridized carbons (Fsp3) is 0.381. The maximum atomic E-state index is 12.3. The Hall–Kier alpha value is -2.92. The van der Waals surface area contributed by atoms with Crippen molar-refractivity contribution in [3.8, 4) is 11.3 Å². The van der Waals surface area contributed by atoms with Gasteiger partial charge in [-0.25, -0.2) is 4.98 Å². The van der Waals surface area contributed by atoms with E-state index in [1.165, 1.54) is 4.90 Å². The van der Waals surface area contributed by atoms with Crippen molar-refractivity contribution in [2.24, 2.45) is 5.92 Å². The summed E-state index contributed by atoms with van der Waals surface area (Å²) in [6, 6.07) is 6.19. The summed E-state index contributed by atoms with van der Waals surface area (Å²) in [7, 11) is 3.35. The van der Waals surface area contributed by atoms with E-state index in [1.807, 2.05) is 0 Å². The number of halogens is 1. The van der Waals surface area contributed by atoms with Crippen LogP contribution < -0.4 is 11.1 Å². The van der Waals surface area contributed by atoms with Crippen LogP contribution in [0.3, 0.4) is 0 Å². The third kappa shape index (κ3) is 3.97. The highest BCUT2D eigenvalue weighted by atomic mass is 35.5. The third-order valence-electron chi connectivity index (χ3n) is 5.66. The number of aromatic nitrogens is 2. The molecule has 10 nitrogen and oxygen atoms in total. The molecular weight excluding hydrogens is 438 g/mol. The van der Waals surface area contributed by atoms with Crippen LogP contribution in [0, 0.1) is 5.92 Å². The second-order valence-corrected chi connectivity index (χ2v) is 8.43. The van der Waals surface area contributed by atoms with Crippen molar-refractivity contribution >= 4 is 40.2 Å². The van der Waals surface area contributed by atoms with Gasteiger partial charge in [0.05, 0.1) is 17.7 Å². The highest BCUT2D eigenvalue weighted by Gasteiger charge is 2.41. The molecule has 0 unspecified atom stereocenters. The van der Waals surface area contributed by atoms with Crippen LogP contribution in [0.4, 0.5) is 11.8 Å². The fourth-order valence-corrected chi connectivity index (χ4v) is 4.22. The third-order valence-corrected chi connectivity index (χ3v) is 5.93. The second-order valence-electron chi connectivity index (χ2n) is 8.07. The number of nitrogens with zero attached hydrogens (tertiary/aromatic N) is 3. The topological polar surface area (TPSA) is 158 Å². The number of carbonyl (C=O) groups is 1. The van der Waals surface area contributed by atoms with Crippen molar-refractivity contribution in [1.29, 1.82) is 0 Å². The van der Waals surface area contributed by atoms with Crippen LogP contribution in [-0.2, 0) is 0 Å². The van der Waals surface area contributed by atoms with Crippen molar-refractivity contribution in [3.05, 3.63) is 35.0 Å². The van der Waals surface area contributed by atoms with Gasteiger partial charge in [0.15, 0.2) is 0 Å². The van der Waals surface area contributed by atoms with E-state index >= 15 is 0 Å². The van der Waals surface area contributed by atoms with Crippen molar-refractivity contribution in [1.82, 2.24) is 14.9 Å². The molecule has 6 N–H and O–H groups in total. The number of rotatable bonds is 5. The van der Waals surface area contributed by atoms with Crippen molar-refractivity contribution in [3.63, 3.8) is 0 Å². The van der Waals surface area contributed by atoms with Gasteiger partial charge in [-0.2, -0.15) is 4.98 Å². The van der Waals surface area contributed by atoms with Gasteiger partial charge in [0.25, 0.3) is 5.91 Å². The number of aliphatic hydroxyl groups excluding tert-OH is 3. The van der Waals surface area contributed by atoms with Crippen LogP contribution in [0.2, 0.25) is 5.15 Å². The molecule has 170 valence electrons. The number of carbonyl (C=O) groups excluding carboxylic acids is 1. The standard InChI is InChI=1S/C21H24ClN5O5/c1-27(2)20(31)9-3-4-13-10(5-9)7-14(32-13)15-18(22)25-21(23)26-19(15)24-12-6-11(8-28)16(29)17(12)30/h3-5,7,11-12,16-17,28-30H,6,8H2,1-2H3,(H3,23,24,25,26)/t11-,12-,16-,17+/m1/s1. The van der Waals surface area contributed by atoms with E-state index in [4.69, 9.17) is 21.8 Å². The zero-order valence-corrected chi connectivity index (χ0v) is 18.2. The summed E-state index contributed by atoms with van der Waals surface area (Å²) >= 11 is 6.38. The molecule has 0 aliphatic heterocycles. The first-order chi connectivity index (χ1) is 15.2. The lowest BCUT2D eigenvalue weighted by atomic mass is 10.1. The number of nitrogens with two attached hydrogens (primary N) is 1. The maximum absolute atomic E-state index is 12.3. The predicted octanol–water partition coefficient (Wildman–Crippen LogP) is 1.34. The van der Waals surface area contributed by atoms with Crippen molar-refractivity contribution < 1.29 is 24.5 Å². The van der Waals surface area contributed by atoms with E-state index in [9.17, 15) is 20.1 Å². The monoisotopic (exact) mass is 461 g/mol. The van der Waals surface area contributed by atoms with E-state index < -0.39 is 24.2 Å². The smallest absolute Gasteiger partial charge is 0.253 e. The predicted molar refractivity (Wildman–Crippen MR) is 119 cm³/mol. The molecule has 1 fully saturated rings. The first kappa shape index (κ1) is 22.3. The molecule has 1 saturated carbocycles. The first-order valence-electron chi connectivity index (χ1n) is 10.0. The Morgan fingerprint density at radius 3 is 2.69 bits per heavy atom. The quantitative estimate of drug-likeness (QED) is 0.353. The van der Waals surface area contributed by atoms with Crippen LogP contribution >= 0.6 is 11.6 Å². The molecular formula is C21H24ClN5O5. The summed E-state index contributed by atoms with van der Waals surface area (Å²) in [5.74, 6) is -0.129. The Bertz CT molecular complexity index is 1170. The minimum absolute atomic E-state index is 0.0374. The molecule has 3 aromatic rings. The first-order valence-corrected chi connectivity index (χ1v) is 10.4. The van der Waals surface area contributed by atoms with Crippen LogP contribution in [0.25, 0.3) is 22.3 Å². The van der Waals surface area contributed by atoms with Crippen LogP contribution in [0.5, 0.6) is 0 Å². The summed E-state index contributed by atoms with van der Waals surface area (Å²) in [4.78, 5) is 22.0. The molecule has 2 heterocycles. The number of hydrogen-bond donors (Lipinski definition) is 5. The van der Waals surface area contributed by atoms with Crippen LogP contribution in [-0.4, -0.2) is 75.0 Å². The average molecular weight is 462 g/mol. The number of hydrogen-bond acceptors (Lipinski definition) is 9. The summed E-state index contributed by atoms with van der Waals surface area (Å²) in [5.41, 5.74) is 7.15. The molecule has 0 radical (unpaired) electrons.